The van der Waals surface area contributed by atoms with E-state index in [-0.39, 0.29) is 17.0 Å². The summed E-state index contributed by atoms with van der Waals surface area (Å²) in [7, 11) is 3.45. The summed E-state index contributed by atoms with van der Waals surface area (Å²) in [6.07, 6.45) is 2.04. The standard InChI is InChI=1S/C22H28FN3O5S2/c1-3-10-32-33-11-9-31-22(30)26-7-5-25(6-8-26)19-13-18-15(12-17(19)23)20(27)16(21(28)29)14-24(18)4-2/h12-14H,3-11H2,1-2H3,(H,28,29). The summed E-state index contributed by atoms with van der Waals surface area (Å²) in [5.41, 5.74) is -0.286. The Hall–Kier alpha value is -2.40. The second-order valence-electron chi connectivity index (χ2n) is 7.52. The molecule has 2 heterocycles. The third-order valence-electron chi connectivity index (χ3n) is 5.36. The van der Waals surface area contributed by atoms with Crippen LogP contribution in [0.1, 0.15) is 30.6 Å². The predicted molar refractivity (Wildman–Crippen MR) is 131 cm³/mol. The van der Waals surface area contributed by atoms with Gasteiger partial charge in [0.15, 0.2) is 0 Å². The van der Waals surface area contributed by atoms with Crippen molar-refractivity contribution in [2.24, 2.45) is 0 Å². The molecule has 180 valence electrons. The molecule has 0 unspecified atom stereocenters. The van der Waals surface area contributed by atoms with Crippen LogP contribution in [0.25, 0.3) is 10.9 Å². The highest BCUT2D eigenvalue weighted by atomic mass is 33.1. The number of carboxylic acids is 1. The van der Waals surface area contributed by atoms with Crippen molar-refractivity contribution >= 4 is 50.2 Å². The molecule has 1 aromatic heterocycles. The highest BCUT2D eigenvalue weighted by Crippen LogP contribution is 2.26. The fourth-order valence-electron chi connectivity index (χ4n) is 3.64. The molecule has 1 fully saturated rings. The number of benzene rings is 1. The number of aromatic nitrogens is 1. The Morgan fingerprint density at radius 2 is 1.82 bits per heavy atom. The number of hydrogen-bond acceptors (Lipinski definition) is 7. The summed E-state index contributed by atoms with van der Waals surface area (Å²) in [5, 5.41) is 9.32. The van der Waals surface area contributed by atoms with E-state index in [4.69, 9.17) is 4.74 Å². The lowest BCUT2D eigenvalue weighted by Gasteiger charge is -2.35. The zero-order valence-corrected chi connectivity index (χ0v) is 20.3. The van der Waals surface area contributed by atoms with Crippen LogP contribution in [0.3, 0.4) is 0 Å². The van der Waals surface area contributed by atoms with Gasteiger partial charge in [0, 0.05) is 55.8 Å². The van der Waals surface area contributed by atoms with Gasteiger partial charge >= 0.3 is 12.1 Å². The maximum atomic E-state index is 15.0. The number of amides is 1. The lowest BCUT2D eigenvalue weighted by molar-refractivity contribution is 0.0694. The summed E-state index contributed by atoms with van der Waals surface area (Å²) in [6, 6.07) is 2.70. The Bertz CT molecular complexity index is 1070. The highest BCUT2D eigenvalue weighted by molar-refractivity contribution is 8.76. The van der Waals surface area contributed by atoms with Crippen molar-refractivity contribution in [2.75, 3.05) is 49.2 Å². The quantitative estimate of drug-likeness (QED) is 0.412. The van der Waals surface area contributed by atoms with Crippen LogP contribution in [0.2, 0.25) is 0 Å². The largest absolute Gasteiger partial charge is 0.477 e. The van der Waals surface area contributed by atoms with Crippen LogP contribution in [0.5, 0.6) is 0 Å². The summed E-state index contributed by atoms with van der Waals surface area (Å²) in [5.74, 6) is -0.125. The summed E-state index contributed by atoms with van der Waals surface area (Å²) in [4.78, 5) is 39.6. The van der Waals surface area contributed by atoms with Gasteiger partial charge in [0.25, 0.3) is 0 Å². The highest BCUT2D eigenvalue weighted by Gasteiger charge is 2.25. The van der Waals surface area contributed by atoms with Gasteiger partial charge in [0.05, 0.1) is 11.2 Å². The molecule has 3 rings (SSSR count). The monoisotopic (exact) mass is 497 g/mol. The topological polar surface area (TPSA) is 92.1 Å². The van der Waals surface area contributed by atoms with E-state index in [0.29, 0.717) is 50.5 Å². The number of anilines is 1. The van der Waals surface area contributed by atoms with E-state index in [9.17, 15) is 23.9 Å². The number of pyridine rings is 1. The summed E-state index contributed by atoms with van der Waals surface area (Å²) >= 11 is 0. The van der Waals surface area contributed by atoms with Crippen molar-refractivity contribution < 1.29 is 23.8 Å². The van der Waals surface area contributed by atoms with Crippen LogP contribution in [-0.2, 0) is 11.3 Å². The van der Waals surface area contributed by atoms with E-state index in [1.165, 1.54) is 6.20 Å². The molecule has 1 N–H and O–H groups in total. The van der Waals surface area contributed by atoms with Gasteiger partial charge in [0.2, 0.25) is 5.43 Å². The van der Waals surface area contributed by atoms with Crippen molar-refractivity contribution in [3.63, 3.8) is 0 Å². The molecule has 0 atom stereocenters. The summed E-state index contributed by atoms with van der Waals surface area (Å²) < 4.78 is 21.9. The number of piperazine rings is 1. The number of carboxylic acid groups (broad SMARTS) is 1. The minimum Gasteiger partial charge on any atom is -0.477 e. The zero-order valence-electron chi connectivity index (χ0n) is 18.7. The van der Waals surface area contributed by atoms with Crippen molar-refractivity contribution in [2.45, 2.75) is 26.8 Å². The van der Waals surface area contributed by atoms with E-state index in [0.717, 1.165) is 24.0 Å². The molecule has 1 amide bonds. The lowest BCUT2D eigenvalue weighted by Crippen LogP contribution is -2.49. The first-order valence-corrected chi connectivity index (χ1v) is 13.4. The van der Waals surface area contributed by atoms with Crippen molar-refractivity contribution in [3.05, 3.63) is 39.9 Å². The number of halogens is 1. The van der Waals surface area contributed by atoms with Crippen molar-refractivity contribution in [1.29, 1.82) is 0 Å². The molecule has 33 heavy (non-hydrogen) atoms. The molecule has 1 saturated heterocycles. The zero-order chi connectivity index (χ0) is 24.0. The average molecular weight is 498 g/mol. The molecule has 1 aliphatic heterocycles. The van der Waals surface area contributed by atoms with Gasteiger partial charge < -0.3 is 24.2 Å². The molecular weight excluding hydrogens is 469 g/mol. The van der Waals surface area contributed by atoms with E-state index in [1.54, 1.807) is 37.1 Å². The number of ether oxygens (including phenoxy) is 1. The Morgan fingerprint density at radius 1 is 1.12 bits per heavy atom. The molecule has 0 saturated carbocycles. The number of nitrogens with zero attached hydrogens (tertiary/aromatic N) is 3. The fraction of sp³-hybridized carbons (Fsp3) is 0.500. The van der Waals surface area contributed by atoms with Gasteiger partial charge in [-0.15, -0.1) is 0 Å². The van der Waals surface area contributed by atoms with Crippen LogP contribution in [0.4, 0.5) is 14.9 Å². The first kappa shape index (κ1) is 25.2. The molecule has 0 spiro atoms. The Labute approximate surface area is 199 Å². The molecule has 0 bridgehead atoms. The average Bonchev–Trinajstić information content (AvgIpc) is 2.81. The molecule has 2 aromatic rings. The molecular formula is C22H28FN3O5S2. The molecule has 11 heteroatoms. The molecule has 1 aromatic carbocycles. The lowest BCUT2D eigenvalue weighted by atomic mass is 10.1. The molecule has 8 nitrogen and oxygen atoms in total. The van der Waals surface area contributed by atoms with Crippen LogP contribution >= 0.6 is 21.6 Å². The number of carbonyl (C=O) groups excluding carboxylic acids is 1. The number of rotatable bonds is 9. The Kier molecular flexibility index (Phi) is 8.90. The Balaban J connectivity index is 1.68. The maximum Gasteiger partial charge on any atom is 0.409 e. The molecule has 1 aliphatic rings. The number of fused-ring (bicyclic) bond motifs is 1. The maximum absolute atomic E-state index is 15.0. The van der Waals surface area contributed by atoms with Crippen molar-refractivity contribution in [3.8, 4) is 0 Å². The number of aryl methyl sites for hydroxylation is 1. The smallest absolute Gasteiger partial charge is 0.409 e. The molecule has 0 radical (unpaired) electrons. The van der Waals surface area contributed by atoms with Crippen LogP contribution in [-0.4, -0.2) is 70.9 Å². The van der Waals surface area contributed by atoms with Gasteiger partial charge in [-0.05, 0) is 25.5 Å². The third kappa shape index (κ3) is 5.94. The second-order valence-corrected chi connectivity index (χ2v) is 10.2. The SMILES string of the molecule is CCCSSCCOC(=O)N1CCN(c2cc3c(cc2F)c(=O)c(C(=O)O)cn3CC)CC1. The Morgan fingerprint density at radius 3 is 2.45 bits per heavy atom. The number of aromatic carboxylic acids is 1. The van der Waals surface area contributed by atoms with E-state index in [2.05, 4.69) is 6.92 Å². The van der Waals surface area contributed by atoms with Crippen LogP contribution in [0.15, 0.2) is 23.1 Å². The van der Waals surface area contributed by atoms with Crippen LogP contribution < -0.4 is 10.3 Å². The minimum atomic E-state index is -1.34. The van der Waals surface area contributed by atoms with Gasteiger partial charge in [0.1, 0.15) is 18.0 Å². The number of carbonyl (C=O) groups is 2. The third-order valence-corrected chi connectivity index (χ3v) is 7.94. The molecule has 0 aliphatic carbocycles. The van der Waals surface area contributed by atoms with Gasteiger partial charge in [-0.2, -0.15) is 0 Å². The van der Waals surface area contributed by atoms with Crippen LogP contribution in [0, 0.1) is 5.82 Å². The van der Waals surface area contributed by atoms with E-state index in [1.807, 2.05) is 11.8 Å². The minimum absolute atomic E-state index is 0.0372. The normalized spacial score (nSPS) is 14.0. The first-order valence-electron chi connectivity index (χ1n) is 10.9. The fourth-order valence-corrected chi connectivity index (χ4v) is 5.61. The van der Waals surface area contributed by atoms with E-state index < -0.39 is 17.2 Å². The van der Waals surface area contributed by atoms with E-state index >= 15 is 0 Å². The number of hydrogen-bond donors (Lipinski definition) is 1. The second kappa shape index (κ2) is 11.6. The predicted octanol–water partition coefficient (Wildman–Crippen LogP) is 3.91. The first-order chi connectivity index (χ1) is 15.9. The van der Waals surface area contributed by atoms with Crippen molar-refractivity contribution in [1.82, 2.24) is 9.47 Å². The van der Waals surface area contributed by atoms with Gasteiger partial charge in [-0.25, -0.2) is 14.0 Å². The van der Waals surface area contributed by atoms with Gasteiger partial charge in [-0.3, -0.25) is 4.79 Å². The van der Waals surface area contributed by atoms with Gasteiger partial charge in [-0.1, -0.05) is 28.5 Å². The summed E-state index contributed by atoms with van der Waals surface area (Å²) in [6.45, 7) is 6.35.